The number of alkyl halides is 2. The zero-order valence-electron chi connectivity index (χ0n) is 21.5. The van der Waals surface area contributed by atoms with Crippen LogP contribution < -0.4 is 11.0 Å². The zero-order chi connectivity index (χ0) is 26.4. The average Bonchev–Trinajstić information content (AvgIpc) is 2.97. The third kappa shape index (κ3) is 7.31. The predicted molar refractivity (Wildman–Crippen MR) is 130 cm³/mol. The Kier molecular flexibility index (Phi) is 9.97. The fourth-order valence-electron chi connectivity index (χ4n) is 3.35. The number of rotatable bonds is 11. The van der Waals surface area contributed by atoms with E-state index in [9.17, 15) is 14.7 Å². The van der Waals surface area contributed by atoms with Crippen LogP contribution in [0, 0.1) is 0 Å². The van der Waals surface area contributed by atoms with Crippen molar-refractivity contribution in [3.8, 4) is 0 Å². The van der Waals surface area contributed by atoms with Crippen LogP contribution in [0.4, 0.5) is 19.4 Å². The first-order valence-corrected chi connectivity index (χ1v) is 15.0. The van der Waals surface area contributed by atoms with Gasteiger partial charge < -0.3 is 19.0 Å². The van der Waals surface area contributed by atoms with E-state index in [1.807, 2.05) is 33.9 Å². The summed E-state index contributed by atoms with van der Waals surface area (Å²) in [6.45, 7) is 11.9. The van der Waals surface area contributed by atoms with Crippen LogP contribution in [0.5, 0.6) is 0 Å². The summed E-state index contributed by atoms with van der Waals surface area (Å²) in [4.78, 5) is 28.2. The van der Waals surface area contributed by atoms with Gasteiger partial charge in [-0.05, 0) is 30.6 Å². The van der Waals surface area contributed by atoms with Crippen molar-refractivity contribution in [3.63, 3.8) is 0 Å². The number of aromatic nitrogens is 2. The van der Waals surface area contributed by atoms with Crippen LogP contribution in [0.3, 0.4) is 0 Å². The van der Waals surface area contributed by atoms with Crippen molar-refractivity contribution in [1.29, 1.82) is 0 Å². The van der Waals surface area contributed by atoms with E-state index in [0.717, 1.165) is 31.9 Å². The molecule has 0 saturated carbocycles. The minimum atomic E-state index is -3.84. The maximum Gasteiger partial charge on any atom is 0.412 e. The topological polar surface area (TPSA) is 112 Å². The highest BCUT2D eigenvalue weighted by Gasteiger charge is 2.60. The number of unbranched alkanes of at least 4 members (excludes halogenated alkanes) is 4. The van der Waals surface area contributed by atoms with Crippen molar-refractivity contribution >= 4 is 20.2 Å². The second-order valence-corrected chi connectivity index (χ2v) is 15.2. The molecule has 1 fully saturated rings. The van der Waals surface area contributed by atoms with E-state index in [-0.39, 0.29) is 24.1 Å². The van der Waals surface area contributed by atoms with E-state index in [1.165, 1.54) is 6.07 Å². The first-order chi connectivity index (χ1) is 16.2. The third-order valence-corrected chi connectivity index (χ3v) is 11.1. The minimum Gasteiger partial charge on any atom is -0.449 e. The number of carbonyl (C=O) groups excluding carboxylic acids is 1. The molecule has 1 aliphatic heterocycles. The summed E-state index contributed by atoms with van der Waals surface area (Å²) in [6.07, 6.45) is -0.793. The molecule has 9 nitrogen and oxygen atoms in total. The van der Waals surface area contributed by atoms with Crippen molar-refractivity contribution < 1.29 is 32.6 Å². The number of aliphatic hydroxyl groups excluding tert-OH is 1. The Bertz CT molecular complexity index is 906. The second kappa shape index (κ2) is 11.9. The van der Waals surface area contributed by atoms with Crippen molar-refractivity contribution in [1.82, 2.24) is 9.55 Å². The number of halogens is 2. The van der Waals surface area contributed by atoms with Crippen LogP contribution in [0.2, 0.25) is 18.1 Å². The van der Waals surface area contributed by atoms with Gasteiger partial charge in [0.2, 0.25) is 6.23 Å². The number of ether oxygens (including phenoxy) is 2. The van der Waals surface area contributed by atoms with Crippen molar-refractivity contribution in [2.24, 2.45) is 0 Å². The molecule has 1 saturated heterocycles. The van der Waals surface area contributed by atoms with Gasteiger partial charge in [-0.15, -0.1) is 0 Å². The molecular formula is C23H39F2N3O6Si. The molecule has 1 aromatic rings. The van der Waals surface area contributed by atoms with Crippen LogP contribution in [0.25, 0.3) is 0 Å². The summed E-state index contributed by atoms with van der Waals surface area (Å²) in [5.74, 6) is -4.11. The Morgan fingerprint density at radius 1 is 1.29 bits per heavy atom. The lowest BCUT2D eigenvalue weighted by Crippen LogP contribution is -2.45. The molecule has 3 atom stereocenters. The van der Waals surface area contributed by atoms with E-state index >= 15 is 8.78 Å². The summed E-state index contributed by atoms with van der Waals surface area (Å²) in [6, 6.07) is 1.19. The largest absolute Gasteiger partial charge is 0.449 e. The minimum absolute atomic E-state index is 0.159. The molecule has 12 heteroatoms. The SMILES string of the molecule is CCCCCCCOC(=O)Nc1ccnc(=O)n1[C@@H]1O[C@H](CO[Si](C)(C)C(C)(C)C)[C@@H](O)C1(F)F. The van der Waals surface area contributed by atoms with Crippen molar-refractivity contribution in [2.75, 3.05) is 18.5 Å². The number of anilines is 1. The van der Waals surface area contributed by atoms with E-state index in [0.29, 0.717) is 11.0 Å². The zero-order valence-corrected chi connectivity index (χ0v) is 22.5. The molecule has 0 aromatic carbocycles. The standard InChI is InChI=1S/C23H39F2N3O6Si/c1-7-8-9-10-11-14-32-21(31)27-17-12-13-26-20(30)28(17)19-23(24,25)18(29)16(34-19)15-33-35(5,6)22(2,3)4/h12-13,16,18-19,29H,7-11,14-15H2,1-6H3,(H,27,31)/t16-,18-,19-/m1/s1. The van der Waals surface area contributed by atoms with Crippen LogP contribution in [0.1, 0.15) is 66.0 Å². The van der Waals surface area contributed by atoms with Crippen LogP contribution in [0.15, 0.2) is 17.1 Å². The smallest absolute Gasteiger partial charge is 0.412 e. The Balaban J connectivity index is 2.13. The highest BCUT2D eigenvalue weighted by atomic mass is 28.4. The van der Waals surface area contributed by atoms with Crippen LogP contribution in [-0.4, -0.2) is 60.4 Å². The lowest BCUT2D eigenvalue weighted by atomic mass is 10.1. The first kappa shape index (κ1) is 29.3. The lowest BCUT2D eigenvalue weighted by Gasteiger charge is -2.37. The van der Waals surface area contributed by atoms with Gasteiger partial charge in [0, 0.05) is 6.20 Å². The van der Waals surface area contributed by atoms with Gasteiger partial charge >= 0.3 is 17.7 Å². The normalized spacial score (nSPS) is 22.3. The summed E-state index contributed by atoms with van der Waals surface area (Å²) < 4.78 is 47.2. The summed E-state index contributed by atoms with van der Waals surface area (Å²) in [7, 11) is -2.31. The highest BCUT2D eigenvalue weighted by molar-refractivity contribution is 6.74. The first-order valence-electron chi connectivity index (χ1n) is 12.1. The quantitative estimate of drug-likeness (QED) is 0.323. The Hall–Kier alpha value is -1.89. The maximum atomic E-state index is 15.1. The number of hydrogen-bond acceptors (Lipinski definition) is 7. The fraction of sp³-hybridized carbons (Fsp3) is 0.783. The Morgan fingerprint density at radius 3 is 2.57 bits per heavy atom. The lowest BCUT2D eigenvalue weighted by molar-refractivity contribution is -0.140. The predicted octanol–water partition coefficient (Wildman–Crippen LogP) is 4.68. The molecule has 1 amide bonds. The summed E-state index contributed by atoms with van der Waals surface area (Å²) >= 11 is 0. The van der Waals surface area contributed by atoms with E-state index in [4.69, 9.17) is 13.9 Å². The summed E-state index contributed by atoms with van der Waals surface area (Å²) in [5.41, 5.74) is -1.06. The molecule has 0 aliphatic carbocycles. The monoisotopic (exact) mass is 519 g/mol. The summed E-state index contributed by atoms with van der Waals surface area (Å²) in [5, 5.41) is 12.5. The van der Waals surface area contributed by atoms with Gasteiger partial charge in [0.05, 0.1) is 13.2 Å². The molecule has 35 heavy (non-hydrogen) atoms. The van der Waals surface area contributed by atoms with E-state index in [2.05, 4.69) is 17.2 Å². The maximum absolute atomic E-state index is 15.1. The molecule has 1 aromatic heterocycles. The molecule has 200 valence electrons. The molecule has 1 aliphatic rings. The van der Waals surface area contributed by atoms with Gasteiger partial charge in [0.1, 0.15) is 11.9 Å². The van der Waals surface area contributed by atoms with Crippen molar-refractivity contribution in [2.45, 2.75) is 102 Å². The van der Waals surface area contributed by atoms with E-state index < -0.39 is 44.5 Å². The number of carbonyl (C=O) groups is 1. The average molecular weight is 520 g/mol. The molecule has 0 unspecified atom stereocenters. The number of hydrogen-bond donors (Lipinski definition) is 2. The molecule has 2 rings (SSSR count). The van der Waals surface area contributed by atoms with Crippen LogP contribution >= 0.6 is 0 Å². The Labute approximate surface area is 206 Å². The van der Waals surface area contributed by atoms with Gasteiger partial charge in [-0.1, -0.05) is 53.4 Å². The number of amides is 1. The van der Waals surface area contributed by atoms with Gasteiger partial charge in [0.15, 0.2) is 14.4 Å². The van der Waals surface area contributed by atoms with Crippen LogP contribution in [-0.2, 0) is 13.9 Å². The molecular weight excluding hydrogens is 480 g/mol. The van der Waals surface area contributed by atoms with Gasteiger partial charge in [-0.2, -0.15) is 8.78 Å². The number of nitrogens with one attached hydrogen (secondary N) is 1. The van der Waals surface area contributed by atoms with Gasteiger partial charge in [-0.3, -0.25) is 5.32 Å². The molecule has 0 spiro atoms. The number of nitrogens with zero attached hydrogens (tertiary/aromatic N) is 2. The molecule has 0 radical (unpaired) electrons. The number of aliphatic hydroxyl groups is 1. The Morgan fingerprint density at radius 2 is 1.94 bits per heavy atom. The molecule has 2 heterocycles. The second-order valence-electron chi connectivity index (χ2n) is 10.4. The van der Waals surface area contributed by atoms with E-state index in [1.54, 1.807) is 0 Å². The fourth-order valence-corrected chi connectivity index (χ4v) is 4.37. The highest BCUT2D eigenvalue weighted by Crippen LogP contribution is 2.44. The molecule has 0 bridgehead atoms. The van der Waals surface area contributed by atoms with Gasteiger partial charge in [-0.25, -0.2) is 19.1 Å². The van der Waals surface area contributed by atoms with Gasteiger partial charge in [0.25, 0.3) is 0 Å². The molecule has 2 N–H and O–H groups in total. The third-order valence-electron chi connectivity index (χ3n) is 6.62. The van der Waals surface area contributed by atoms with Crippen molar-refractivity contribution in [3.05, 3.63) is 22.7 Å².